The first-order valence-electron chi connectivity index (χ1n) is 7.36. The Morgan fingerprint density at radius 2 is 1.83 bits per heavy atom. The molecule has 4 nitrogen and oxygen atoms in total. The van der Waals surface area contributed by atoms with Gasteiger partial charge in [0.1, 0.15) is 6.07 Å². The van der Waals surface area contributed by atoms with Crippen LogP contribution in [0.4, 0.5) is 0 Å². The van der Waals surface area contributed by atoms with Crippen LogP contribution in [0.15, 0.2) is 24.4 Å². The van der Waals surface area contributed by atoms with E-state index in [0.29, 0.717) is 53.1 Å². The quantitative estimate of drug-likeness (QED) is 0.549. The van der Waals surface area contributed by atoms with Gasteiger partial charge >= 0.3 is 0 Å². The maximum Gasteiger partial charge on any atom is 0.231 e. The standard InChI is InChI=1S/C17H16Cl2N2O2/c18-8-2-6-15(22)14-11-21(16(23)7-3-9-19)17-12(10-20)4-1-5-13(14)17/h1,4-5,11H,2-3,6-9H2. The molecule has 0 aliphatic heterocycles. The van der Waals surface area contributed by atoms with E-state index < -0.39 is 0 Å². The summed E-state index contributed by atoms with van der Waals surface area (Å²) in [5.41, 5.74) is 1.32. The van der Waals surface area contributed by atoms with E-state index in [9.17, 15) is 14.9 Å². The first kappa shape index (κ1) is 17.5. The van der Waals surface area contributed by atoms with Crippen molar-refractivity contribution in [1.29, 1.82) is 5.26 Å². The first-order valence-corrected chi connectivity index (χ1v) is 8.43. The third-order valence-corrected chi connectivity index (χ3v) is 4.11. The third-order valence-electron chi connectivity index (χ3n) is 3.58. The van der Waals surface area contributed by atoms with Crippen molar-refractivity contribution in [3.8, 4) is 6.07 Å². The predicted molar refractivity (Wildman–Crippen MR) is 91.5 cm³/mol. The number of aromatic nitrogens is 1. The molecule has 0 spiro atoms. The lowest BCUT2D eigenvalue weighted by Gasteiger charge is -2.04. The number of fused-ring (bicyclic) bond motifs is 1. The van der Waals surface area contributed by atoms with Crippen LogP contribution in [0.25, 0.3) is 10.9 Å². The molecule has 120 valence electrons. The van der Waals surface area contributed by atoms with Gasteiger partial charge in [0.15, 0.2) is 5.78 Å². The van der Waals surface area contributed by atoms with Crippen molar-refractivity contribution in [3.05, 3.63) is 35.5 Å². The molecule has 1 heterocycles. The minimum Gasteiger partial charge on any atom is -0.294 e. The van der Waals surface area contributed by atoms with Crippen molar-refractivity contribution in [3.63, 3.8) is 0 Å². The molecular weight excluding hydrogens is 335 g/mol. The highest BCUT2D eigenvalue weighted by atomic mass is 35.5. The normalized spacial score (nSPS) is 10.7. The number of carbonyl (C=O) groups excluding carboxylic acids is 2. The summed E-state index contributed by atoms with van der Waals surface area (Å²) in [5, 5.41) is 9.94. The van der Waals surface area contributed by atoms with E-state index in [0.717, 1.165) is 0 Å². The van der Waals surface area contributed by atoms with Crippen LogP contribution in [-0.2, 0) is 0 Å². The molecule has 1 aromatic carbocycles. The SMILES string of the molecule is N#Cc1cccc2c(C(=O)CCCCl)cn(C(=O)CCCCl)c12. The summed E-state index contributed by atoms with van der Waals surface area (Å²) in [4.78, 5) is 24.8. The highest BCUT2D eigenvalue weighted by Crippen LogP contribution is 2.26. The van der Waals surface area contributed by atoms with Gasteiger partial charge in [0.05, 0.1) is 11.1 Å². The molecule has 0 N–H and O–H groups in total. The minimum absolute atomic E-state index is 0.0744. The second-order valence-electron chi connectivity index (χ2n) is 5.13. The van der Waals surface area contributed by atoms with Crippen LogP contribution in [0, 0.1) is 11.3 Å². The number of nitriles is 1. The van der Waals surface area contributed by atoms with E-state index in [2.05, 4.69) is 6.07 Å². The Morgan fingerprint density at radius 3 is 2.48 bits per heavy atom. The molecule has 23 heavy (non-hydrogen) atoms. The van der Waals surface area contributed by atoms with E-state index in [1.807, 2.05) is 0 Å². The predicted octanol–water partition coefficient (Wildman–Crippen LogP) is 4.37. The number of nitrogens with zero attached hydrogens (tertiary/aromatic N) is 2. The summed E-state index contributed by atoms with van der Waals surface area (Å²) in [6, 6.07) is 7.20. The number of para-hydroxylation sites is 1. The van der Waals surface area contributed by atoms with Crippen LogP contribution >= 0.6 is 23.2 Å². The number of Topliss-reactive ketones (excluding diaryl/α,β-unsaturated/α-hetero) is 1. The zero-order chi connectivity index (χ0) is 16.8. The number of rotatable bonds is 7. The Labute approximate surface area is 144 Å². The summed E-state index contributed by atoms with van der Waals surface area (Å²) in [7, 11) is 0. The van der Waals surface area contributed by atoms with Gasteiger partial charge in [0, 0.05) is 41.7 Å². The molecule has 0 saturated heterocycles. The number of halogens is 2. The van der Waals surface area contributed by atoms with E-state index in [4.69, 9.17) is 23.2 Å². The molecule has 0 bridgehead atoms. The number of benzene rings is 1. The Balaban J connectivity index is 2.56. The third kappa shape index (κ3) is 3.74. The molecule has 2 rings (SSSR count). The van der Waals surface area contributed by atoms with Crippen molar-refractivity contribution >= 4 is 45.8 Å². The molecule has 0 radical (unpaired) electrons. The van der Waals surface area contributed by atoms with Crippen LogP contribution in [-0.4, -0.2) is 28.0 Å². The smallest absolute Gasteiger partial charge is 0.231 e. The van der Waals surface area contributed by atoms with Gasteiger partial charge in [-0.2, -0.15) is 5.26 Å². The highest BCUT2D eigenvalue weighted by molar-refractivity contribution is 6.18. The monoisotopic (exact) mass is 350 g/mol. The molecule has 0 unspecified atom stereocenters. The molecular formula is C17H16Cl2N2O2. The molecule has 0 amide bonds. The zero-order valence-corrected chi connectivity index (χ0v) is 14.0. The molecule has 0 aliphatic rings. The largest absolute Gasteiger partial charge is 0.294 e. The number of alkyl halides is 2. The van der Waals surface area contributed by atoms with E-state index >= 15 is 0 Å². The van der Waals surface area contributed by atoms with E-state index in [-0.39, 0.29) is 18.1 Å². The summed E-state index contributed by atoms with van der Waals surface area (Å²) in [5.74, 6) is 0.546. The van der Waals surface area contributed by atoms with Gasteiger partial charge in [-0.05, 0) is 18.9 Å². The number of hydrogen-bond donors (Lipinski definition) is 0. The molecule has 0 atom stereocenters. The Bertz CT molecular complexity index is 775. The van der Waals surface area contributed by atoms with E-state index in [1.54, 1.807) is 24.4 Å². The van der Waals surface area contributed by atoms with Crippen molar-refractivity contribution < 1.29 is 9.59 Å². The lowest BCUT2D eigenvalue weighted by molar-refractivity contribution is 0.0907. The fourth-order valence-electron chi connectivity index (χ4n) is 2.49. The van der Waals surface area contributed by atoms with Crippen LogP contribution in [0.5, 0.6) is 0 Å². The minimum atomic E-state index is -0.172. The Kier molecular flexibility index (Phi) is 6.20. The van der Waals surface area contributed by atoms with Gasteiger partial charge < -0.3 is 0 Å². The zero-order valence-electron chi connectivity index (χ0n) is 12.5. The van der Waals surface area contributed by atoms with Crippen LogP contribution < -0.4 is 0 Å². The first-order chi connectivity index (χ1) is 11.1. The fraction of sp³-hybridized carbons (Fsp3) is 0.353. The van der Waals surface area contributed by atoms with Gasteiger partial charge in [0.2, 0.25) is 5.91 Å². The highest BCUT2D eigenvalue weighted by Gasteiger charge is 2.20. The lowest BCUT2D eigenvalue weighted by atomic mass is 10.0. The molecule has 6 heteroatoms. The molecule has 0 saturated carbocycles. The van der Waals surface area contributed by atoms with Crippen LogP contribution in [0.1, 0.15) is 46.4 Å². The van der Waals surface area contributed by atoms with E-state index in [1.165, 1.54) is 4.57 Å². The Hall–Kier alpha value is -1.83. The number of ketones is 1. The molecule has 2 aromatic rings. The summed E-state index contributed by atoms with van der Waals surface area (Å²) >= 11 is 11.3. The maximum atomic E-state index is 12.4. The van der Waals surface area contributed by atoms with Gasteiger partial charge in [-0.25, -0.2) is 0 Å². The van der Waals surface area contributed by atoms with Crippen LogP contribution in [0.2, 0.25) is 0 Å². The fourth-order valence-corrected chi connectivity index (χ4v) is 2.76. The van der Waals surface area contributed by atoms with Crippen molar-refractivity contribution in [2.24, 2.45) is 0 Å². The summed E-state index contributed by atoms with van der Waals surface area (Å²) < 4.78 is 1.41. The lowest BCUT2D eigenvalue weighted by Crippen LogP contribution is -2.10. The van der Waals surface area contributed by atoms with Gasteiger partial charge in [-0.3, -0.25) is 14.2 Å². The topological polar surface area (TPSA) is 62.9 Å². The summed E-state index contributed by atoms with van der Waals surface area (Å²) in [6.07, 6.45) is 3.24. The Morgan fingerprint density at radius 1 is 1.13 bits per heavy atom. The number of carbonyl (C=O) groups is 2. The average Bonchev–Trinajstić information content (AvgIpc) is 2.97. The summed E-state index contributed by atoms with van der Waals surface area (Å²) in [6.45, 7) is 0. The second-order valence-corrected chi connectivity index (χ2v) is 5.88. The molecule has 0 aliphatic carbocycles. The van der Waals surface area contributed by atoms with Gasteiger partial charge in [-0.15, -0.1) is 23.2 Å². The second kappa shape index (κ2) is 8.14. The number of hydrogen-bond acceptors (Lipinski definition) is 3. The van der Waals surface area contributed by atoms with Gasteiger partial charge in [-0.1, -0.05) is 12.1 Å². The maximum absolute atomic E-state index is 12.4. The molecule has 0 fully saturated rings. The van der Waals surface area contributed by atoms with Crippen molar-refractivity contribution in [2.45, 2.75) is 25.7 Å². The average molecular weight is 351 g/mol. The van der Waals surface area contributed by atoms with Crippen LogP contribution in [0.3, 0.4) is 0 Å². The van der Waals surface area contributed by atoms with Crippen molar-refractivity contribution in [2.75, 3.05) is 11.8 Å². The van der Waals surface area contributed by atoms with Gasteiger partial charge in [0.25, 0.3) is 0 Å². The van der Waals surface area contributed by atoms with Crippen molar-refractivity contribution in [1.82, 2.24) is 4.57 Å². The molecule has 1 aromatic heterocycles.